The molecule has 266 valence electrons. The third-order valence-corrected chi connectivity index (χ3v) is 9.12. The van der Waals surface area contributed by atoms with Gasteiger partial charge in [-0.15, -0.1) is 0 Å². The fourth-order valence-electron chi connectivity index (χ4n) is 6.24. The second kappa shape index (κ2) is 15.2. The summed E-state index contributed by atoms with van der Waals surface area (Å²) in [5, 5.41) is 10.8. The lowest BCUT2D eigenvalue weighted by Gasteiger charge is -2.26. The van der Waals surface area contributed by atoms with Gasteiger partial charge >= 0.3 is 0 Å². The van der Waals surface area contributed by atoms with Crippen molar-refractivity contribution in [3.05, 3.63) is 72.7 Å². The third-order valence-electron chi connectivity index (χ3n) is 9.12. The molecule has 5 aromatic rings. The largest absolute Gasteiger partial charge is 0.494 e. The number of hydrogen-bond acceptors (Lipinski definition) is 12. The Bertz CT molecular complexity index is 2070. The van der Waals surface area contributed by atoms with E-state index in [0.29, 0.717) is 83.1 Å². The molecule has 1 unspecified atom stereocenters. The summed E-state index contributed by atoms with van der Waals surface area (Å²) in [6.45, 7) is 6.78. The van der Waals surface area contributed by atoms with E-state index in [0.717, 1.165) is 38.0 Å². The Morgan fingerprint density at radius 2 is 1.90 bits per heavy atom. The molecule has 2 aliphatic heterocycles. The molecule has 0 bridgehead atoms. The van der Waals surface area contributed by atoms with Gasteiger partial charge in [0.05, 0.1) is 37.2 Å². The number of anilines is 3. The molecule has 7 rings (SSSR count). The summed E-state index contributed by atoms with van der Waals surface area (Å²) in [6.07, 6.45) is 7.83. The zero-order chi connectivity index (χ0) is 35.3. The van der Waals surface area contributed by atoms with Crippen molar-refractivity contribution in [3.63, 3.8) is 0 Å². The quantitative estimate of drug-likeness (QED) is 0.167. The molecule has 0 saturated carbocycles. The number of morpholine rings is 1. The van der Waals surface area contributed by atoms with Gasteiger partial charge in [0, 0.05) is 55.5 Å². The molecular weight excluding hydrogens is 657 g/mol. The summed E-state index contributed by atoms with van der Waals surface area (Å²) >= 11 is 0. The van der Waals surface area contributed by atoms with Crippen LogP contribution < -0.4 is 24.8 Å². The van der Waals surface area contributed by atoms with Gasteiger partial charge in [-0.05, 0) is 63.2 Å². The molecule has 51 heavy (non-hydrogen) atoms. The fourth-order valence-corrected chi connectivity index (χ4v) is 6.24. The predicted octanol–water partition coefficient (Wildman–Crippen LogP) is 5.12. The normalized spacial score (nSPS) is 17.2. The first-order valence-electron chi connectivity index (χ1n) is 16.9. The third kappa shape index (κ3) is 7.85. The molecule has 0 aliphatic carbocycles. The molecule has 2 aromatic carbocycles. The number of aromatic nitrogens is 5. The van der Waals surface area contributed by atoms with Gasteiger partial charge in [-0.2, -0.15) is 5.10 Å². The lowest BCUT2D eigenvalue weighted by Crippen LogP contribution is -2.38. The number of hydrogen-bond donors (Lipinski definition) is 2. The van der Waals surface area contributed by atoms with Crippen LogP contribution in [0.25, 0.3) is 16.6 Å². The smallest absolute Gasteiger partial charge is 0.284 e. The predicted molar refractivity (Wildman–Crippen MR) is 190 cm³/mol. The van der Waals surface area contributed by atoms with E-state index in [1.807, 2.05) is 24.9 Å². The second-order valence-electron chi connectivity index (χ2n) is 12.5. The Hall–Kier alpha value is -5.38. The van der Waals surface area contributed by atoms with Crippen LogP contribution in [0.4, 0.5) is 21.6 Å². The van der Waals surface area contributed by atoms with Gasteiger partial charge in [-0.3, -0.25) is 14.6 Å². The molecule has 1 atom stereocenters. The lowest BCUT2D eigenvalue weighted by atomic mass is 10.1. The molecule has 2 fully saturated rings. The van der Waals surface area contributed by atoms with Crippen molar-refractivity contribution in [2.24, 2.45) is 0 Å². The topological polar surface area (TPSA) is 141 Å². The number of likely N-dealkylation sites (tertiary alicyclic amines) is 1. The van der Waals surface area contributed by atoms with Crippen LogP contribution in [0.1, 0.15) is 18.4 Å². The minimum absolute atomic E-state index is 0.131. The Morgan fingerprint density at radius 3 is 2.71 bits per heavy atom. The van der Waals surface area contributed by atoms with Crippen LogP contribution in [0.2, 0.25) is 0 Å². The number of nitrogens with zero attached hydrogens (tertiary/aromatic N) is 7. The summed E-state index contributed by atoms with van der Waals surface area (Å²) in [6, 6.07) is 10.6. The molecule has 2 saturated heterocycles. The van der Waals surface area contributed by atoms with Crippen LogP contribution in [-0.4, -0.2) is 106 Å². The number of aryl methyl sites for hydroxylation is 1. The highest BCUT2D eigenvalue weighted by Crippen LogP contribution is 2.39. The maximum absolute atomic E-state index is 15.3. The average Bonchev–Trinajstić information content (AvgIpc) is 3.78. The molecule has 3 aromatic heterocycles. The summed E-state index contributed by atoms with van der Waals surface area (Å²) in [5.41, 5.74) is 2.98. The second-order valence-corrected chi connectivity index (χ2v) is 12.5. The average molecular weight is 698 g/mol. The maximum Gasteiger partial charge on any atom is 0.284 e. The molecule has 2 aliphatic rings. The van der Waals surface area contributed by atoms with E-state index in [2.05, 4.69) is 35.6 Å². The number of amides is 1. The van der Waals surface area contributed by atoms with E-state index in [1.54, 1.807) is 48.2 Å². The molecule has 2 N–H and O–H groups in total. The minimum atomic E-state index is -0.852. The van der Waals surface area contributed by atoms with Gasteiger partial charge in [0.15, 0.2) is 11.5 Å². The van der Waals surface area contributed by atoms with Gasteiger partial charge in [0.1, 0.15) is 48.1 Å². The molecule has 1 amide bonds. The Kier molecular flexibility index (Phi) is 10.2. The first-order valence-corrected chi connectivity index (χ1v) is 16.9. The summed E-state index contributed by atoms with van der Waals surface area (Å²) in [7, 11) is 3.49. The monoisotopic (exact) mass is 697 g/mol. The highest BCUT2D eigenvalue weighted by molar-refractivity contribution is 6.05. The number of methoxy groups -OCH3 is 1. The van der Waals surface area contributed by atoms with E-state index in [4.69, 9.17) is 18.9 Å². The van der Waals surface area contributed by atoms with Crippen molar-refractivity contribution in [1.82, 2.24) is 34.4 Å². The first-order chi connectivity index (χ1) is 24.8. The van der Waals surface area contributed by atoms with Gasteiger partial charge in [-0.25, -0.2) is 23.9 Å². The van der Waals surface area contributed by atoms with Gasteiger partial charge in [0.2, 0.25) is 0 Å². The summed E-state index contributed by atoms with van der Waals surface area (Å²) < 4.78 is 40.5. The lowest BCUT2D eigenvalue weighted by molar-refractivity contribution is -0.114. The molecular formula is C36H40FN9O5. The van der Waals surface area contributed by atoms with Crippen LogP contribution in [0, 0.1) is 6.92 Å². The number of pyridine rings is 1. The van der Waals surface area contributed by atoms with E-state index < -0.39 is 11.7 Å². The van der Waals surface area contributed by atoms with E-state index in [1.165, 1.54) is 18.7 Å². The maximum atomic E-state index is 15.3. The Balaban J connectivity index is 1.17. The van der Waals surface area contributed by atoms with Crippen molar-refractivity contribution in [2.45, 2.75) is 25.8 Å². The Labute approximate surface area is 294 Å². The number of benzene rings is 2. The Morgan fingerprint density at radius 1 is 1.04 bits per heavy atom. The van der Waals surface area contributed by atoms with Crippen molar-refractivity contribution in [1.29, 1.82) is 0 Å². The zero-order valence-corrected chi connectivity index (χ0v) is 28.8. The number of halogens is 1. The fraction of sp³-hybridized carbons (Fsp3) is 0.361. The number of carbonyl (C=O) groups excluding carboxylic acids is 1. The molecule has 0 radical (unpaired) electrons. The van der Waals surface area contributed by atoms with Gasteiger partial charge < -0.3 is 29.6 Å². The van der Waals surface area contributed by atoms with Crippen molar-refractivity contribution in [3.8, 4) is 23.0 Å². The number of nitrogens with one attached hydrogen (secondary N) is 2. The number of ether oxygens (including phenoxy) is 4. The van der Waals surface area contributed by atoms with E-state index in [-0.39, 0.29) is 6.04 Å². The van der Waals surface area contributed by atoms with Crippen LogP contribution in [0.5, 0.6) is 23.0 Å². The first kappa shape index (κ1) is 34.1. The van der Waals surface area contributed by atoms with Crippen LogP contribution in [-0.2, 0) is 9.53 Å². The van der Waals surface area contributed by atoms with Crippen LogP contribution >= 0.6 is 0 Å². The minimum Gasteiger partial charge on any atom is -0.494 e. The summed E-state index contributed by atoms with van der Waals surface area (Å²) in [5.74, 6) is 0.821. The number of rotatable bonds is 12. The van der Waals surface area contributed by atoms with Gasteiger partial charge in [-0.1, -0.05) is 0 Å². The molecule has 0 spiro atoms. The van der Waals surface area contributed by atoms with Crippen molar-refractivity contribution in [2.75, 3.05) is 70.8 Å². The SMILES string of the molecule is COc1cc(Oc2ccn3ncnc3c2)c(C)cc1Nc1ncnc2cc(OCCN3CCOCC3)c(NC(=O)C(F)=CC3CCCN3C)cc12. The van der Waals surface area contributed by atoms with Gasteiger partial charge in [0.25, 0.3) is 5.91 Å². The van der Waals surface area contributed by atoms with Crippen LogP contribution in [0.3, 0.4) is 0 Å². The van der Waals surface area contributed by atoms with E-state index in [9.17, 15) is 4.79 Å². The van der Waals surface area contributed by atoms with E-state index >= 15 is 4.39 Å². The van der Waals surface area contributed by atoms with Crippen LogP contribution in [0.15, 0.2) is 67.2 Å². The molecule has 15 heteroatoms. The number of likely N-dealkylation sites (N-methyl/N-ethyl adjacent to an activating group) is 1. The molecule has 14 nitrogen and oxygen atoms in total. The highest BCUT2D eigenvalue weighted by Gasteiger charge is 2.23. The zero-order valence-electron chi connectivity index (χ0n) is 28.8. The van der Waals surface area contributed by atoms with Crippen molar-refractivity contribution >= 4 is 39.6 Å². The van der Waals surface area contributed by atoms with Crippen molar-refractivity contribution < 1.29 is 28.1 Å². The number of carbonyl (C=O) groups is 1. The standard InChI is InChI=1S/C36H40FN9O5/c1-23-15-29(32(48-3)20-31(23)51-25-6-8-46-34(17-25)39-22-41-46)42-35-26-18-30(43-36(47)27(37)16-24-5-4-7-44(24)2)33(19-28(26)38-21-40-35)50-14-11-45-9-12-49-13-10-45/h6,8,15-22,24H,4-5,7,9-14H2,1-3H3,(H,43,47)(H,38,40,42). The highest BCUT2D eigenvalue weighted by atomic mass is 19.1. The number of fused-ring (bicyclic) bond motifs is 2. The molecule has 5 heterocycles. The summed E-state index contributed by atoms with van der Waals surface area (Å²) in [4.78, 5) is 30.7.